The van der Waals surface area contributed by atoms with Gasteiger partial charge in [-0.15, -0.1) is 11.3 Å². The molecule has 0 amide bonds. The molecule has 350 valence electrons. The van der Waals surface area contributed by atoms with Crippen LogP contribution in [0.3, 0.4) is 0 Å². The quantitative estimate of drug-likeness (QED) is 0.165. The van der Waals surface area contributed by atoms with Crippen molar-refractivity contribution in [3.8, 4) is 17.2 Å². The van der Waals surface area contributed by atoms with Crippen LogP contribution in [0.2, 0.25) is 0 Å². The predicted octanol–water partition coefficient (Wildman–Crippen LogP) is 16.1. The first-order valence-corrected chi connectivity index (χ1v) is 26.4. The van der Waals surface area contributed by atoms with E-state index in [1.54, 1.807) is 0 Å². The molecule has 6 aromatic carbocycles. The number of benzene rings is 6. The molecule has 3 nitrogen and oxygen atoms in total. The van der Waals surface area contributed by atoms with Gasteiger partial charge in [0.05, 0.1) is 23.0 Å². The lowest BCUT2D eigenvalue weighted by Gasteiger charge is -2.48. The molecule has 0 saturated heterocycles. The van der Waals surface area contributed by atoms with Crippen LogP contribution in [0, 0.1) is 18.3 Å². The summed E-state index contributed by atoms with van der Waals surface area (Å²) in [5, 5.41) is 12.6. The molecular weight excluding hydrogens is 854 g/mol. The number of rotatable bonds is 3. The summed E-state index contributed by atoms with van der Waals surface area (Å²) in [7, 11) is 0. The lowest BCUT2D eigenvalue weighted by molar-refractivity contribution is 0.332. The van der Waals surface area contributed by atoms with Gasteiger partial charge in [0.25, 0.3) is 6.71 Å². The van der Waals surface area contributed by atoms with Gasteiger partial charge in [0, 0.05) is 43.2 Å². The number of nitriles is 1. The van der Waals surface area contributed by atoms with Gasteiger partial charge in [-0.25, -0.2) is 0 Å². The second-order valence-corrected chi connectivity index (χ2v) is 27.0. The molecule has 0 radical (unpaired) electrons. The molecule has 7 aromatic rings. The molecule has 0 bridgehead atoms. The molecule has 69 heavy (non-hydrogen) atoms. The fourth-order valence-corrected chi connectivity index (χ4v) is 13.9. The highest BCUT2D eigenvalue weighted by Crippen LogP contribution is 2.56. The lowest BCUT2D eigenvalue weighted by Crippen LogP contribution is -2.61. The summed E-state index contributed by atoms with van der Waals surface area (Å²) in [6, 6.07) is 43.0. The monoisotopic (exact) mass is 924 g/mol. The zero-order valence-electron chi connectivity index (χ0n) is 44.0. The Balaban J connectivity index is 1.32. The van der Waals surface area contributed by atoms with E-state index in [0.29, 0.717) is 5.56 Å². The van der Waals surface area contributed by atoms with Crippen molar-refractivity contribution < 1.29 is 0 Å². The van der Waals surface area contributed by atoms with Gasteiger partial charge in [0.15, 0.2) is 0 Å². The fraction of sp³-hybridized carbons (Fsp3) is 0.391. The maximum Gasteiger partial charge on any atom is 0.264 e. The third-order valence-electron chi connectivity index (χ3n) is 17.2. The minimum atomic E-state index is -0.0517. The SMILES string of the molecule is Cc1cc(C(C)(C)C)ccc1N1c2cc(C#N)cc3c2B(c2cc4c(cc2N3c2cc3c(cc2-c2ccccc2)C(C)(C)CCC3(C)C)C(C)(C)CCC4(C)C)c2sc3ccc(C(C)(C)C)cc3c21. The number of anilines is 6. The first kappa shape index (κ1) is 45.9. The van der Waals surface area contributed by atoms with Crippen molar-refractivity contribution in [3.05, 3.63) is 148 Å². The molecule has 0 spiro atoms. The summed E-state index contributed by atoms with van der Waals surface area (Å²) in [6.07, 6.45) is 4.54. The first-order chi connectivity index (χ1) is 32.3. The van der Waals surface area contributed by atoms with Crippen molar-refractivity contribution in [1.82, 2.24) is 0 Å². The number of nitrogens with zero attached hydrogens (tertiary/aromatic N) is 3. The molecule has 1 aromatic heterocycles. The Hall–Kier alpha value is -5.57. The summed E-state index contributed by atoms with van der Waals surface area (Å²) >= 11 is 1.97. The number of hydrogen-bond acceptors (Lipinski definition) is 4. The van der Waals surface area contributed by atoms with E-state index >= 15 is 0 Å². The number of thiophene rings is 1. The normalized spacial score (nSPS) is 18.2. The van der Waals surface area contributed by atoms with Gasteiger partial charge in [-0.1, -0.05) is 152 Å². The van der Waals surface area contributed by atoms with Crippen LogP contribution in [-0.4, -0.2) is 6.71 Å². The van der Waals surface area contributed by atoms with E-state index in [0.717, 1.165) is 42.7 Å². The van der Waals surface area contributed by atoms with Crippen molar-refractivity contribution >= 4 is 78.0 Å². The molecule has 2 aliphatic carbocycles. The average Bonchev–Trinajstić information content (AvgIpc) is 3.67. The highest BCUT2D eigenvalue weighted by atomic mass is 32.1. The van der Waals surface area contributed by atoms with E-state index in [1.807, 2.05) is 11.3 Å². The van der Waals surface area contributed by atoms with E-state index in [-0.39, 0.29) is 39.2 Å². The third kappa shape index (κ3) is 7.00. The van der Waals surface area contributed by atoms with Gasteiger partial charge in [0.1, 0.15) is 0 Å². The summed E-state index contributed by atoms with van der Waals surface area (Å²) in [5.74, 6) is 0. The molecule has 0 N–H and O–H groups in total. The smallest absolute Gasteiger partial charge is 0.264 e. The molecule has 0 atom stereocenters. The fourth-order valence-electron chi connectivity index (χ4n) is 12.6. The van der Waals surface area contributed by atoms with E-state index in [9.17, 15) is 5.26 Å². The molecular formula is C64H70BN3S. The van der Waals surface area contributed by atoms with Gasteiger partial charge in [0.2, 0.25) is 0 Å². The van der Waals surface area contributed by atoms with Gasteiger partial charge in [-0.2, -0.15) is 5.26 Å². The first-order valence-electron chi connectivity index (χ1n) is 25.6. The van der Waals surface area contributed by atoms with Crippen LogP contribution in [0.5, 0.6) is 0 Å². The van der Waals surface area contributed by atoms with Crippen molar-refractivity contribution in [2.45, 2.75) is 162 Å². The Morgan fingerprint density at radius 2 is 1.07 bits per heavy atom. The molecule has 5 heteroatoms. The third-order valence-corrected chi connectivity index (χ3v) is 18.5. The highest BCUT2D eigenvalue weighted by Gasteiger charge is 2.49. The van der Waals surface area contributed by atoms with E-state index in [2.05, 4.69) is 223 Å². The Bertz CT molecular complexity index is 3340. The van der Waals surface area contributed by atoms with Crippen LogP contribution in [-0.2, 0) is 32.5 Å². The van der Waals surface area contributed by atoms with Crippen LogP contribution in [0.4, 0.5) is 34.1 Å². The molecule has 0 fully saturated rings. The average molecular weight is 924 g/mol. The van der Waals surface area contributed by atoms with Crippen LogP contribution in [0.1, 0.15) is 167 Å². The van der Waals surface area contributed by atoms with Crippen molar-refractivity contribution in [2.75, 3.05) is 9.80 Å². The minimum Gasteiger partial charge on any atom is -0.311 e. The molecule has 0 unspecified atom stereocenters. The van der Waals surface area contributed by atoms with Crippen LogP contribution < -0.4 is 25.5 Å². The maximum absolute atomic E-state index is 11.3. The van der Waals surface area contributed by atoms with Gasteiger partial charge in [-0.05, 0) is 169 Å². The standard InChI is InChI=1S/C64H70BN3S/c1-38-29-41(59(2,3)4)21-23-50(38)68-54-31-39(37-66)30-53-56(54)65(58-57(68)44-32-42(60(5,6)7)22-24-55(44)69-58)49-34-46-48(64(14,15)28-26-62(46,10)11)36-52(49)67(53)51-35-47-45(61(8,9)25-27-63(47,12)13)33-43(51)40-19-17-16-18-20-40/h16-24,29-36H,25-28H2,1-15H3. The number of fused-ring (bicyclic) bond motifs is 8. The molecule has 11 rings (SSSR count). The van der Waals surface area contributed by atoms with Crippen LogP contribution in [0.15, 0.2) is 103 Å². The van der Waals surface area contributed by atoms with Crippen LogP contribution in [0.25, 0.3) is 21.2 Å². The predicted molar refractivity (Wildman–Crippen MR) is 299 cm³/mol. The van der Waals surface area contributed by atoms with Crippen molar-refractivity contribution in [3.63, 3.8) is 0 Å². The summed E-state index contributed by atoms with van der Waals surface area (Å²) in [4.78, 5) is 5.21. The molecule has 4 aliphatic rings. The van der Waals surface area contributed by atoms with Crippen molar-refractivity contribution in [1.29, 1.82) is 5.26 Å². The number of aryl methyl sites for hydroxylation is 1. The van der Waals surface area contributed by atoms with Gasteiger partial charge in [-0.3, -0.25) is 0 Å². The Morgan fingerprint density at radius 1 is 0.551 bits per heavy atom. The summed E-state index contributed by atoms with van der Waals surface area (Å²) in [6.45, 7) is 35.8. The molecule has 3 heterocycles. The molecule has 0 saturated carbocycles. The molecule has 2 aliphatic heterocycles. The van der Waals surface area contributed by atoms with Gasteiger partial charge < -0.3 is 9.80 Å². The summed E-state index contributed by atoms with van der Waals surface area (Å²) in [5.41, 5.74) is 22.4. The Kier molecular flexibility index (Phi) is 9.95. The maximum atomic E-state index is 11.3. The Morgan fingerprint density at radius 3 is 1.64 bits per heavy atom. The highest BCUT2D eigenvalue weighted by molar-refractivity contribution is 7.33. The number of hydrogen-bond donors (Lipinski definition) is 0. The topological polar surface area (TPSA) is 30.3 Å². The Labute approximate surface area is 417 Å². The largest absolute Gasteiger partial charge is 0.311 e. The second-order valence-electron chi connectivity index (χ2n) is 25.9. The van der Waals surface area contributed by atoms with E-state index in [1.165, 1.54) is 92.9 Å². The van der Waals surface area contributed by atoms with E-state index in [4.69, 9.17) is 0 Å². The van der Waals surface area contributed by atoms with Crippen molar-refractivity contribution in [2.24, 2.45) is 0 Å². The van der Waals surface area contributed by atoms with Crippen LogP contribution >= 0.6 is 11.3 Å². The second kappa shape index (κ2) is 15.0. The zero-order valence-corrected chi connectivity index (χ0v) is 44.8. The summed E-state index contributed by atoms with van der Waals surface area (Å²) < 4.78 is 2.67. The van der Waals surface area contributed by atoms with Gasteiger partial charge >= 0.3 is 0 Å². The minimum absolute atomic E-state index is 0.00116. The lowest BCUT2D eigenvalue weighted by atomic mass is 9.35. The van der Waals surface area contributed by atoms with E-state index < -0.39 is 0 Å². The zero-order chi connectivity index (χ0) is 49.1.